The van der Waals surface area contributed by atoms with E-state index < -0.39 is 11.9 Å². The predicted molar refractivity (Wildman–Crippen MR) is 116 cm³/mol. The van der Waals surface area contributed by atoms with Crippen LogP contribution in [0.5, 0.6) is 5.75 Å². The number of benzene rings is 2. The minimum Gasteiger partial charge on any atom is -0.494 e. The molecule has 0 aliphatic rings. The highest BCUT2D eigenvalue weighted by Crippen LogP contribution is 2.35. The minimum absolute atomic E-state index is 0.0517. The van der Waals surface area contributed by atoms with Gasteiger partial charge in [-0.1, -0.05) is 25.1 Å². The summed E-state index contributed by atoms with van der Waals surface area (Å²) in [5.41, 5.74) is 6.17. The maximum atomic E-state index is 11.4. The second kappa shape index (κ2) is 10.1. The van der Waals surface area contributed by atoms with E-state index in [1.54, 1.807) is 6.92 Å². The number of carboxylic acid groups (broad SMARTS) is 1. The molecule has 0 heterocycles. The first-order valence-corrected chi connectivity index (χ1v) is 10.1. The molecule has 2 aromatic rings. The van der Waals surface area contributed by atoms with Crippen LogP contribution in [0, 0.1) is 20.8 Å². The van der Waals surface area contributed by atoms with Gasteiger partial charge in [-0.3, -0.25) is 9.59 Å². The summed E-state index contributed by atoms with van der Waals surface area (Å²) in [5, 5.41) is 12.2. The molecular weight excluding hydrogens is 366 g/mol. The largest absolute Gasteiger partial charge is 0.494 e. The lowest BCUT2D eigenvalue weighted by molar-refractivity contribution is -0.138. The van der Waals surface area contributed by atoms with Crippen LogP contribution in [0.3, 0.4) is 0 Å². The van der Waals surface area contributed by atoms with E-state index in [0.29, 0.717) is 19.6 Å². The van der Waals surface area contributed by atoms with E-state index in [1.165, 1.54) is 0 Å². The topological polar surface area (TPSA) is 75.6 Å². The monoisotopic (exact) mass is 397 g/mol. The second-order valence-corrected chi connectivity index (χ2v) is 7.42. The zero-order chi connectivity index (χ0) is 21.6. The van der Waals surface area contributed by atoms with Gasteiger partial charge >= 0.3 is 5.97 Å². The first-order chi connectivity index (χ1) is 13.8. The van der Waals surface area contributed by atoms with Crippen LogP contribution in [0.4, 0.5) is 0 Å². The summed E-state index contributed by atoms with van der Waals surface area (Å²) >= 11 is 0. The average molecular weight is 398 g/mol. The summed E-state index contributed by atoms with van der Waals surface area (Å²) in [6.07, 6.45) is 1.24. The normalized spacial score (nSPS) is 11.8. The Morgan fingerprint density at radius 1 is 1.14 bits per heavy atom. The van der Waals surface area contributed by atoms with Crippen molar-refractivity contribution >= 4 is 11.9 Å². The van der Waals surface area contributed by atoms with Crippen LogP contribution in [0.15, 0.2) is 30.3 Å². The number of carboxylic acids is 1. The maximum Gasteiger partial charge on any atom is 0.310 e. The number of aliphatic carboxylic acids is 1. The van der Waals surface area contributed by atoms with Gasteiger partial charge in [0.2, 0.25) is 5.91 Å². The van der Waals surface area contributed by atoms with Crippen molar-refractivity contribution in [2.24, 2.45) is 0 Å². The Labute approximate surface area is 173 Å². The van der Waals surface area contributed by atoms with Gasteiger partial charge in [-0.15, -0.1) is 0 Å². The number of nitrogens with one attached hydrogen (secondary N) is 1. The van der Waals surface area contributed by atoms with Gasteiger partial charge < -0.3 is 15.2 Å². The molecule has 29 heavy (non-hydrogen) atoms. The van der Waals surface area contributed by atoms with Crippen LogP contribution in [-0.4, -0.2) is 30.1 Å². The van der Waals surface area contributed by atoms with Crippen molar-refractivity contribution < 1.29 is 19.4 Å². The Balaban J connectivity index is 2.19. The van der Waals surface area contributed by atoms with E-state index in [4.69, 9.17) is 4.74 Å². The zero-order valence-electron chi connectivity index (χ0n) is 18.0. The molecule has 0 aliphatic heterocycles. The molecule has 1 amide bonds. The van der Waals surface area contributed by atoms with Gasteiger partial charge in [-0.2, -0.15) is 0 Å². The summed E-state index contributed by atoms with van der Waals surface area (Å²) in [6, 6.07) is 9.88. The van der Waals surface area contributed by atoms with E-state index >= 15 is 0 Å². The van der Waals surface area contributed by atoms with E-state index in [9.17, 15) is 14.7 Å². The molecule has 5 nitrogen and oxygen atoms in total. The molecule has 0 saturated carbocycles. The van der Waals surface area contributed by atoms with Crippen LogP contribution in [-0.2, 0) is 9.59 Å². The Morgan fingerprint density at radius 3 is 2.38 bits per heavy atom. The summed E-state index contributed by atoms with van der Waals surface area (Å²) in [4.78, 5) is 22.7. The molecule has 156 valence electrons. The summed E-state index contributed by atoms with van der Waals surface area (Å²) in [6.45, 7) is 10.8. The number of aryl methyl sites for hydroxylation is 2. The Kier molecular flexibility index (Phi) is 7.82. The van der Waals surface area contributed by atoms with Crippen LogP contribution in [0.1, 0.15) is 54.9 Å². The molecule has 2 aromatic carbocycles. The average Bonchev–Trinajstić information content (AvgIpc) is 2.67. The van der Waals surface area contributed by atoms with Crippen LogP contribution in [0.2, 0.25) is 0 Å². The molecule has 0 aromatic heterocycles. The molecule has 0 bridgehead atoms. The number of ether oxygens (including phenoxy) is 1. The number of amides is 1. The van der Waals surface area contributed by atoms with Crippen LogP contribution < -0.4 is 10.1 Å². The smallest absolute Gasteiger partial charge is 0.310 e. The number of hydrogen-bond acceptors (Lipinski definition) is 3. The van der Waals surface area contributed by atoms with Crippen molar-refractivity contribution in [3.63, 3.8) is 0 Å². The zero-order valence-corrected chi connectivity index (χ0v) is 18.0. The first kappa shape index (κ1) is 22.5. The lowest BCUT2D eigenvalue weighted by atomic mass is 9.87. The van der Waals surface area contributed by atoms with Crippen molar-refractivity contribution in [2.45, 2.75) is 53.4 Å². The van der Waals surface area contributed by atoms with Gasteiger partial charge in [-0.25, -0.2) is 0 Å². The first-order valence-electron chi connectivity index (χ1n) is 10.1. The van der Waals surface area contributed by atoms with Gasteiger partial charge in [0.15, 0.2) is 0 Å². The third kappa shape index (κ3) is 5.59. The van der Waals surface area contributed by atoms with Gasteiger partial charge in [0.25, 0.3) is 0 Å². The number of hydrogen-bond donors (Lipinski definition) is 2. The molecule has 1 atom stereocenters. The molecule has 0 saturated heterocycles. The molecular formula is C24H31NO4. The second-order valence-electron chi connectivity index (χ2n) is 7.42. The SMILES string of the molecule is CCC(=O)NCCCOc1cc(C)c(-c2cccc(C(C)C(=O)O)c2C)c(C)c1. The van der Waals surface area contributed by atoms with E-state index in [-0.39, 0.29) is 5.91 Å². The molecule has 0 spiro atoms. The van der Waals surface area contributed by atoms with Gasteiger partial charge in [0.05, 0.1) is 12.5 Å². The summed E-state index contributed by atoms with van der Waals surface area (Å²) in [7, 11) is 0. The number of rotatable bonds is 9. The molecule has 1 unspecified atom stereocenters. The van der Waals surface area contributed by atoms with Crippen molar-refractivity contribution in [2.75, 3.05) is 13.2 Å². The fourth-order valence-electron chi connectivity index (χ4n) is 3.57. The van der Waals surface area contributed by atoms with E-state index in [1.807, 2.05) is 58.0 Å². The minimum atomic E-state index is -0.822. The third-order valence-electron chi connectivity index (χ3n) is 5.22. The van der Waals surface area contributed by atoms with Crippen molar-refractivity contribution in [1.29, 1.82) is 0 Å². The quantitative estimate of drug-likeness (QED) is 0.598. The molecule has 5 heteroatoms. The van der Waals surface area contributed by atoms with Gasteiger partial charge in [0, 0.05) is 13.0 Å². The fourth-order valence-corrected chi connectivity index (χ4v) is 3.57. The highest BCUT2D eigenvalue weighted by Gasteiger charge is 2.19. The lowest BCUT2D eigenvalue weighted by Gasteiger charge is -2.19. The molecule has 2 rings (SSSR count). The van der Waals surface area contributed by atoms with Crippen LogP contribution >= 0.6 is 0 Å². The van der Waals surface area contributed by atoms with Gasteiger partial charge in [0.1, 0.15) is 5.75 Å². The molecule has 0 aliphatic carbocycles. The lowest BCUT2D eigenvalue weighted by Crippen LogP contribution is -2.24. The number of carbonyl (C=O) groups is 2. The van der Waals surface area contributed by atoms with Crippen molar-refractivity contribution in [1.82, 2.24) is 5.32 Å². The predicted octanol–water partition coefficient (Wildman–Crippen LogP) is 4.76. The van der Waals surface area contributed by atoms with Crippen LogP contribution in [0.25, 0.3) is 11.1 Å². The van der Waals surface area contributed by atoms with Crippen molar-refractivity contribution in [3.8, 4) is 16.9 Å². The third-order valence-corrected chi connectivity index (χ3v) is 5.22. The molecule has 0 radical (unpaired) electrons. The Hall–Kier alpha value is -2.82. The highest BCUT2D eigenvalue weighted by molar-refractivity contribution is 5.80. The summed E-state index contributed by atoms with van der Waals surface area (Å²) in [5.74, 6) is -0.516. The molecule has 2 N–H and O–H groups in total. The maximum absolute atomic E-state index is 11.4. The summed E-state index contributed by atoms with van der Waals surface area (Å²) < 4.78 is 5.87. The van der Waals surface area contributed by atoms with Crippen molar-refractivity contribution in [3.05, 3.63) is 52.6 Å². The Bertz CT molecular complexity index is 865. The fraction of sp³-hybridized carbons (Fsp3) is 0.417. The number of carbonyl (C=O) groups excluding carboxylic acids is 1. The molecule has 0 fully saturated rings. The van der Waals surface area contributed by atoms with E-state index in [0.717, 1.165) is 45.6 Å². The Morgan fingerprint density at radius 2 is 1.79 bits per heavy atom. The highest BCUT2D eigenvalue weighted by atomic mass is 16.5. The van der Waals surface area contributed by atoms with Gasteiger partial charge in [-0.05, 0) is 79.6 Å². The van der Waals surface area contributed by atoms with E-state index in [2.05, 4.69) is 5.32 Å². The standard InChI is InChI=1S/C24H31NO4/c1-6-22(26)25-11-8-12-29-19-13-15(2)23(16(3)14-19)21-10-7-9-20(17(21)4)18(5)24(27)28/h7,9-10,13-14,18H,6,8,11-12H2,1-5H3,(H,25,26)(H,27,28).